The third-order valence-electron chi connectivity index (χ3n) is 5.97. The van der Waals surface area contributed by atoms with Crippen molar-refractivity contribution < 1.29 is 19.0 Å². The molecule has 8 nitrogen and oxygen atoms in total. The van der Waals surface area contributed by atoms with Crippen molar-refractivity contribution in [2.24, 2.45) is 5.73 Å². The third kappa shape index (κ3) is 5.97. The van der Waals surface area contributed by atoms with Crippen LogP contribution in [-0.4, -0.2) is 55.4 Å². The molecule has 176 valence electrons. The summed E-state index contributed by atoms with van der Waals surface area (Å²) in [5, 5.41) is 3.30. The van der Waals surface area contributed by atoms with E-state index in [4.69, 9.17) is 19.9 Å². The van der Waals surface area contributed by atoms with E-state index in [-0.39, 0.29) is 0 Å². The Morgan fingerprint density at radius 1 is 1.09 bits per heavy atom. The van der Waals surface area contributed by atoms with E-state index in [9.17, 15) is 4.79 Å². The van der Waals surface area contributed by atoms with Crippen LogP contribution in [0.4, 0.5) is 0 Å². The maximum Gasteiger partial charge on any atom is 0.238 e. The van der Waals surface area contributed by atoms with Gasteiger partial charge in [-0.3, -0.25) is 14.8 Å². The summed E-state index contributed by atoms with van der Waals surface area (Å²) in [6, 6.07) is 7.17. The largest absolute Gasteiger partial charge is 0.494 e. The number of hydrogen-bond donors (Lipinski definition) is 2. The van der Waals surface area contributed by atoms with E-state index in [2.05, 4.69) is 15.3 Å². The van der Waals surface area contributed by atoms with Gasteiger partial charge in [0.05, 0.1) is 14.2 Å². The van der Waals surface area contributed by atoms with Gasteiger partial charge in [0.2, 0.25) is 5.91 Å². The predicted octanol–water partition coefficient (Wildman–Crippen LogP) is 2.32. The maximum absolute atomic E-state index is 12.4. The zero-order chi connectivity index (χ0) is 23.7. The summed E-state index contributed by atoms with van der Waals surface area (Å²) in [7, 11) is 4.83. The van der Waals surface area contributed by atoms with Crippen LogP contribution in [0.1, 0.15) is 24.0 Å². The van der Waals surface area contributed by atoms with Crippen LogP contribution in [0, 0.1) is 0 Å². The number of ether oxygens (including phenoxy) is 3. The van der Waals surface area contributed by atoms with Crippen LogP contribution < -0.4 is 11.1 Å². The van der Waals surface area contributed by atoms with Gasteiger partial charge in [0.15, 0.2) is 11.5 Å². The molecular weight excluding hydrogens is 420 g/mol. The van der Waals surface area contributed by atoms with Crippen molar-refractivity contribution in [1.29, 1.82) is 0 Å². The zero-order valence-corrected chi connectivity index (χ0v) is 19.4. The molecule has 0 fully saturated rings. The van der Waals surface area contributed by atoms with Gasteiger partial charge in [0.1, 0.15) is 11.6 Å². The quantitative estimate of drug-likeness (QED) is 0.509. The Bertz CT molecular complexity index is 978. The Hall–Kier alpha value is -3.23. The minimum atomic E-state index is -0.799. The fourth-order valence-electron chi connectivity index (χ4n) is 4.23. The first-order valence-electron chi connectivity index (χ1n) is 10.9. The highest BCUT2D eigenvalue weighted by atomic mass is 16.5. The van der Waals surface area contributed by atoms with Crippen LogP contribution in [0.5, 0.6) is 0 Å². The van der Waals surface area contributed by atoms with E-state index in [1.807, 2.05) is 36.5 Å². The summed E-state index contributed by atoms with van der Waals surface area (Å²) in [5.74, 6) is 0.669. The van der Waals surface area contributed by atoms with Gasteiger partial charge in [0, 0.05) is 44.9 Å². The Kier molecular flexibility index (Phi) is 8.57. The van der Waals surface area contributed by atoms with Crippen LogP contribution in [0.15, 0.2) is 72.2 Å². The summed E-state index contributed by atoms with van der Waals surface area (Å²) in [6.07, 6.45) is 11.4. The summed E-state index contributed by atoms with van der Waals surface area (Å²) in [4.78, 5) is 20.7. The van der Waals surface area contributed by atoms with Crippen molar-refractivity contribution >= 4 is 5.91 Å². The van der Waals surface area contributed by atoms with Crippen molar-refractivity contribution in [2.75, 3.05) is 27.9 Å². The normalized spacial score (nSPS) is 19.1. The highest BCUT2D eigenvalue weighted by Crippen LogP contribution is 2.41. The SMILES string of the molecule is COC1=C(OC)C(CCc2ccncc2)(OC)CC(C(NCCc2cccnc2)C(N)=O)=C1. The molecule has 8 heteroatoms. The molecule has 1 aliphatic carbocycles. The topological polar surface area (TPSA) is 109 Å². The molecule has 3 N–H and O–H groups in total. The minimum absolute atomic E-state index is 0.443. The van der Waals surface area contributed by atoms with Crippen molar-refractivity contribution in [3.63, 3.8) is 0 Å². The van der Waals surface area contributed by atoms with E-state index in [0.29, 0.717) is 30.9 Å². The standard InChI is InChI=1S/C25H32N4O4/c1-31-21-15-20(22(24(26)30)29-14-9-19-5-4-11-28-17-19)16-25(33-3,23(21)32-2)10-6-18-7-12-27-13-8-18/h4-5,7-8,11-13,15,17,22,29H,6,9-10,14,16H2,1-3H3,(H2,26,30). The molecule has 0 spiro atoms. The Morgan fingerprint density at radius 2 is 1.88 bits per heavy atom. The number of hydrogen-bond acceptors (Lipinski definition) is 7. The van der Waals surface area contributed by atoms with Crippen LogP contribution in [0.2, 0.25) is 0 Å². The molecule has 0 aromatic carbocycles. The van der Waals surface area contributed by atoms with E-state index in [1.165, 1.54) is 0 Å². The van der Waals surface area contributed by atoms with Gasteiger partial charge < -0.3 is 25.3 Å². The summed E-state index contributed by atoms with van der Waals surface area (Å²) in [6.45, 7) is 0.566. The number of methoxy groups -OCH3 is 3. The predicted molar refractivity (Wildman–Crippen MR) is 125 cm³/mol. The Morgan fingerprint density at radius 3 is 2.48 bits per heavy atom. The van der Waals surface area contributed by atoms with Crippen LogP contribution >= 0.6 is 0 Å². The monoisotopic (exact) mass is 452 g/mol. The van der Waals surface area contributed by atoms with Crippen molar-refractivity contribution in [3.05, 3.63) is 83.3 Å². The van der Waals surface area contributed by atoms with Gasteiger partial charge in [-0.1, -0.05) is 6.07 Å². The zero-order valence-electron chi connectivity index (χ0n) is 19.4. The highest BCUT2D eigenvalue weighted by molar-refractivity contribution is 5.83. The molecule has 3 rings (SSSR count). The number of aromatic nitrogens is 2. The fourth-order valence-corrected chi connectivity index (χ4v) is 4.23. The van der Waals surface area contributed by atoms with Crippen LogP contribution in [0.3, 0.4) is 0 Å². The van der Waals surface area contributed by atoms with Crippen LogP contribution in [0.25, 0.3) is 0 Å². The van der Waals surface area contributed by atoms with Gasteiger partial charge in [-0.2, -0.15) is 0 Å². The number of nitrogens with one attached hydrogen (secondary N) is 1. The van der Waals surface area contributed by atoms with Crippen LogP contribution in [-0.2, 0) is 31.8 Å². The van der Waals surface area contributed by atoms with Crippen molar-refractivity contribution in [2.45, 2.75) is 37.3 Å². The lowest BCUT2D eigenvalue weighted by Crippen LogP contribution is -2.48. The van der Waals surface area contributed by atoms with Crippen molar-refractivity contribution in [3.8, 4) is 0 Å². The molecule has 1 aliphatic rings. The average Bonchev–Trinajstić information content (AvgIpc) is 2.85. The second-order valence-corrected chi connectivity index (χ2v) is 7.95. The van der Waals surface area contributed by atoms with Gasteiger partial charge in [-0.15, -0.1) is 0 Å². The van der Waals surface area contributed by atoms with Gasteiger partial charge in [-0.25, -0.2) is 0 Å². The lowest BCUT2D eigenvalue weighted by atomic mass is 9.80. The molecule has 0 radical (unpaired) electrons. The number of nitrogens with two attached hydrogens (primary N) is 1. The first-order chi connectivity index (χ1) is 16.0. The molecule has 2 heterocycles. The number of primary amides is 1. The Labute approximate surface area is 194 Å². The van der Waals surface area contributed by atoms with Gasteiger partial charge in [-0.05, 0) is 60.2 Å². The molecular formula is C25H32N4O4. The van der Waals surface area contributed by atoms with Gasteiger partial charge >= 0.3 is 0 Å². The number of amides is 1. The molecule has 2 aromatic heterocycles. The molecule has 0 saturated heterocycles. The number of nitrogens with zero attached hydrogens (tertiary/aromatic N) is 2. The maximum atomic E-state index is 12.4. The van der Waals surface area contributed by atoms with Gasteiger partial charge in [0.25, 0.3) is 0 Å². The number of pyridine rings is 2. The molecule has 2 unspecified atom stereocenters. The number of carbonyl (C=O) groups is 1. The summed E-state index contributed by atoms with van der Waals surface area (Å²) < 4.78 is 17.4. The second-order valence-electron chi connectivity index (χ2n) is 7.95. The van der Waals surface area contributed by atoms with E-state index in [0.717, 1.165) is 29.5 Å². The number of aryl methyl sites for hydroxylation is 1. The highest BCUT2D eigenvalue weighted by Gasteiger charge is 2.43. The van der Waals surface area contributed by atoms with E-state index in [1.54, 1.807) is 39.9 Å². The van der Waals surface area contributed by atoms with E-state index >= 15 is 0 Å². The molecule has 2 aromatic rings. The minimum Gasteiger partial charge on any atom is -0.494 e. The number of rotatable bonds is 12. The second kappa shape index (κ2) is 11.6. The summed E-state index contributed by atoms with van der Waals surface area (Å²) >= 11 is 0. The lowest BCUT2D eigenvalue weighted by Gasteiger charge is -2.39. The smallest absolute Gasteiger partial charge is 0.238 e. The summed E-state index contributed by atoms with van der Waals surface area (Å²) in [5.41, 5.74) is 8.01. The molecule has 0 aliphatic heterocycles. The molecule has 0 bridgehead atoms. The van der Waals surface area contributed by atoms with E-state index < -0.39 is 17.6 Å². The average molecular weight is 453 g/mol. The first-order valence-corrected chi connectivity index (χ1v) is 10.9. The first kappa shape index (κ1) is 24.4. The molecule has 1 amide bonds. The number of carbonyl (C=O) groups excluding carboxylic acids is 1. The third-order valence-corrected chi connectivity index (χ3v) is 5.97. The Balaban J connectivity index is 1.83. The molecule has 33 heavy (non-hydrogen) atoms. The number of allylic oxidation sites excluding steroid dienone is 1. The molecule has 2 atom stereocenters. The lowest BCUT2D eigenvalue weighted by molar-refractivity contribution is -0.119. The molecule has 0 saturated carbocycles. The van der Waals surface area contributed by atoms with Crippen molar-refractivity contribution in [1.82, 2.24) is 15.3 Å². The fraction of sp³-hybridized carbons (Fsp3) is 0.400.